The van der Waals surface area contributed by atoms with Crippen molar-refractivity contribution in [1.82, 2.24) is 74.5 Å². The van der Waals surface area contributed by atoms with E-state index in [1.165, 1.54) is 6.92 Å². The lowest BCUT2D eigenvalue weighted by Crippen LogP contribution is -2.57. The van der Waals surface area contributed by atoms with Crippen molar-refractivity contribution in [2.45, 2.75) is 137 Å². The Morgan fingerprint density at radius 2 is 1.25 bits per heavy atom. The Kier molecular flexibility index (Phi) is 18.0. The quantitative estimate of drug-likeness (QED) is 0.0261. The van der Waals surface area contributed by atoms with Gasteiger partial charge in [-0.3, -0.25) is 47.5 Å². The number of aryl methyl sites for hydroxylation is 6. The summed E-state index contributed by atoms with van der Waals surface area (Å²) in [6, 6.07) is 10.6. The Labute approximate surface area is 565 Å². The maximum Gasteiger partial charge on any atom is 0.248 e. The minimum Gasteiger partial charge on any atom is -0.325 e. The van der Waals surface area contributed by atoms with E-state index in [1.54, 1.807) is 69.1 Å². The molecule has 4 amide bonds. The van der Waals surface area contributed by atoms with Crippen molar-refractivity contribution in [2.24, 2.45) is 16.7 Å². The predicted octanol–water partition coefficient (Wildman–Crippen LogP) is 9.55. The number of halogens is 3. The summed E-state index contributed by atoms with van der Waals surface area (Å²) in [7, 11) is 0. The fraction of sp³-hybridized carbons (Fsp3) is 0.435. The van der Waals surface area contributed by atoms with Gasteiger partial charge in [0.05, 0.1) is 35.1 Å². The lowest BCUT2D eigenvalue weighted by molar-refractivity contribution is -0.142. The molecule has 26 heteroatoms. The van der Waals surface area contributed by atoms with Gasteiger partial charge in [-0.25, -0.2) is 29.9 Å². The third-order valence-electron chi connectivity index (χ3n) is 20.0. The average Bonchev–Trinajstić information content (AvgIpc) is 1.58. The summed E-state index contributed by atoms with van der Waals surface area (Å²) in [5.41, 5.74) is 6.24. The number of nitrogens with zero attached hydrogens (tertiary/aromatic N) is 14. The van der Waals surface area contributed by atoms with Gasteiger partial charge < -0.3 is 30.7 Å². The van der Waals surface area contributed by atoms with E-state index < -0.39 is 35.6 Å². The SMILES string of the molecule is CC(=O)c1nn(CC(=O)N2[C@H](C(=O)Nc3nc(Br)ccc3C)C[C@@]3(CN4CCC(CC(=O)c5nn(CC(=O)N6[C@H](C(=O)Nc7nc(Br)ccc7C)C[C@@]7(CNCCCF)C=C[C@@H]67)c6c(C)cc(-c7cnc(C)nc7)cc56)CC4)CC[C@@H]23)c2c(C)nc(-c3cnc(C)nc3)cc12. The van der Waals surface area contributed by atoms with Crippen molar-refractivity contribution in [2.75, 3.05) is 50.0 Å². The summed E-state index contributed by atoms with van der Waals surface area (Å²) in [6.45, 7) is 14.4. The Bertz CT molecular complexity index is 4440. The van der Waals surface area contributed by atoms with Gasteiger partial charge in [-0.15, -0.1) is 0 Å². The molecule has 8 aromatic rings. The van der Waals surface area contributed by atoms with E-state index in [-0.39, 0.29) is 78.1 Å². The van der Waals surface area contributed by atoms with Crippen LogP contribution in [0.15, 0.2) is 88.6 Å². The van der Waals surface area contributed by atoms with E-state index in [2.05, 4.69) is 82.6 Å². The molecule has 3 N–H and O–H groups in total. The molecule has 1 saturated carbocycles. The Balaban J connectivity index is 0.743. The fourth-order valence-electron chi connectivity index (χ4n) is 15.1. The lowest BCUT2D eigenvalue weighted by Gasteiger charge is -2.50. The molecular weight excluding hydrogens is 1340 g/mol. The Morgan fingerprint density at radius 1 is 0.663 bits per heavy atom. The number of nitrogens with one attached hydrogen (secondary N) is 3. The highest BCUT2D eigenvalue weighted by Crippen LogP contribution is 2.56. The molecule has 10 heterocycles. The van der Waals surface area contributed by atoms with E-state index in [4.69, 9.17) is 15.2 Å². The third-order valence-corrected chi connectivity index (χ3v) is 20.9. The normalized spacial score (nSPS) is 21.6. The molecule has 6 atom stereocenters. The van der Waals surface area contributed by atoms with Crippen LogP contribution in [0.5, 0.6) is 0 Å². The number of anilines is 2. The highest BCUT2D eigenvalue weighted by atomic mass is 79.9. The largest absolute Gasteiger partial charge is 0.325 e. The van der Waals surface area contributed by atoms with Crippen LogP contribution in [0.25, 0.3) is 44.2 Å². The molecular formula is C69H74Br2FN17O6. The summed E-state index contributed by atoms with van der Waals surface area (Å²) in [5.74, 6) is 0.164. The van der Waals surface area contributed by atoms with Crippen LogP contribution in [0, 0.1) is 58.3 Å². The topological polar surface area (TPSA) is 274 Å². The first-order valence-corrected chi connectivity index (χ1v) is 33.9. The van der Waals surface area contributed by atoms with Crippen molar-refractivity contribution >= 4 is 100 Å². The molecule has 0 bridgehead atoms. The Morgan fingerprint density at radius 3 is 1.84 bits per heavy atom. The first kappa shape index (κ1) is 65.2. The van der Waals surface area contributed by atoms with Crippen LogP contribution in [0.4, 0.5) is 16.0 Å². The van der Waals surface area contributed by atoms with E-state index >= 15 is 14.4 Å². The van der Waals surface area contributed by atoms with Crippen molar-refractivity contribution in [3.63, 3.8) is 0 Å². The second-order valence-corrected chi connectivity index (χ2v) is 28.0. The molecule has 7 aromatic heterocycles. The molecule has 1 aromatic carbocycles. The van der Waals surface area contributed by atoms with Gasteiger partial charge in [-0.2, -0.15) is 10.2 Å². The predicted molar refractivity (Wildman–Crippen MR) is 362 cm³/mol. The number of carbonyl (C=O) groups is 6. The van der Waals surface area contributed by atoms with Crippen LogP contribution in [0.3, 0.4) is 0 Å². The molecule has 0 unspecified atom stereocenters. The Hall–Kier alpha value is -8.46. The number of likely N-dealkylation sites (tertiary alicyclic amines) is 3. The second kappa shape index (κ2) is 26.3. The fourth-order valence-corrected chi connectivity index (χ4v) is 15.7. The van der Waals surface area contributed by atoms with Gasteiger partial charge >= 0.3 is 0 Å². The van der Waals surface area contributed by atoms with Crippen molar-refractivity contribution < 1.29 is 33.2 Å². The molecule has 3 aliphatic heterocycles. The first-order valence-electron chi connectivity index (χ1n) is 32.3. The summed E-state index contributed by atoms with van der Waals surface area (Å²) in [4.78, 5) is 125. The number of amides is 4. The van der Waals surface area contributed by atoms with Crippen molar-refractivity contribution in [3.05, 3.63) is 134 Å². The maximum absolute atomic E-state index is 15.2. The maximum atomic E-state index is 15.2. The highest BCUT2D eigenvalue weighted by Gasteiger charge is 2.62. The number of ketones is 2. The van der Waals surface area contributed by atoms with Crippen molar-refractivity contribution in [3.8, 4) is 22.4 Å². The molecule has 23 nitrogen and oxygen atoms in total. The minimum absolute atomic E-state index is 0.00141. The lowest BCUT2D eigenvalue weighted by atomic mass is 9.63. The molecule has 4 fully saturated rings. The zero-order chi connectivity index (χ0) is 66.8. The number of carbonyl (C=O) groups excluding carboxylic acids is 6. The minimum atomic E-state index is -0.889. The zero-order valence-corrected chi connectivity index (χ0v) is 57.2. The number of alkyl halides is 1. The molecule has 0 spiro atoms. The van der Waals surface area contributed by atoms with E-state index in [0.29, 0.717) is 142 Å². The van der Waals surface area contributed by atoms with Crippen LogP contribution in [-0.2, 0) is 32.3 Å². The van der Waals surface area contributed by atoms with Crippen LogP contribution < -0.4 is 16.0 Å². The van der Waals surface area contributed by atoms with Gasteiger partial charge in [0.15, 0.2) is 11.6 Å². The van der Waals surface area contributed by atoms with Gasteiger partial charge in [0.2, 0.25) is 23.6 Å². The molecule has 2 aliphatic carbocycles. The van der Waals surface area contributed by atoms with Gasteiger partial charge in [0, 0.05) is 90.0 Å². The third kappa shape index (κ3) is 12.6. The molecule has 5 aliphatic rings. The number of piperidine rings is 1. The van der Waals surface area contributed by atoms with Crippen LogP contribution in [0.1, 0.15) is 113 Å². The van der Waals surface area contributed by atoms with E-state index in [9.17, 15) is 18.8 Å². The van der Waals surface area contributed by atoms with Gasteiger partial charge in [-0.05, 0) is 196 Å². The van der Waals surface area contributed by atoms with Crippen LogP contribution >= 0.6 is 31.9 Å². The molecule has 0 radical (unpaired) electrons. The van der Waals surface area contributed by atoms with Crippen molar-refractivity contribution in [1.29, 1.82) is 0 Å². The molecule has 3 saturated heterocycles. The van der Waals surface area contributed by atoms with Crippen LogP contribution in [0.2, 0.25) is 0 Å². The van der Waals surface area contributed by atoms with Gasteiger partial charge in [0.25, 0.3) is 0 Å². The molecule has 492 valence electrons. The number of aromatic nitrogens is 11. The van der Waals surface area contributed by atoms with Gasteiger partial charge in [0.1, 0.15) is 69.1 Å². The van der Waals surface area contributed by atoms with Crippen LogP contribution in [-0.4, -0.2) is 168 Å². The molecule has 13 rings (SSSR count). The summed E-state index contributed by atoms with van der Waals surface area (Å²) in [5, 5.41) is 20.4. The number of benzene rings is 1. The standard InChI is InChI=1S/C69H74Br2FN17O6/c1-37-9-11-56(70)79-64(37)81-66(94)51-27-68(35-73-20-8-19-72)17-13-54(68)88(51)58(92)33-86-62-39(3)23-45(46-29-74-42(6)75-30-46)25-48(62)61(84-86)53(91)24-44-15-21-85(22-16-44)36-69-18-14-55(69)89(52(28-69)67(95)82-65-38(2)10-12-57(71)80-65)59(93)34-87-63-40(4)78-50(47-31-76-43(7)77-32-47)26-49(63)60(83-87)41(5)90/h9-13,17,23,25-26,29-32,44,51-52,54-55,73H,8,14-16,18-22,24,27-28,33-36H2,1-7H3,(H,79,81,94)(H,80,82,95)/t51-,52-,54+,55+,68+,69+/m0/s1. The van der Waals surface area contributed by atoms with Gasteiger partial charge in [-0.1, -0.05) is 24.3 Å². The number of fused-ring (bicyclic) bond motifs is 4. The average molecular weight is 1420 g/mol. The van der Waals surface area contributed by atoms with E-state index in [1.807, 2.05) is 71.0 Å². The first-order chi connectivity index (χ1) is 45.6. The number of pyridine rings is 3. The summed E-state index contributed by atoms with van der Waals surface area (Å²) >= 11 is 6.88. The number of rotatable bonds is 21. The second-order valence-electron chi connectivity index (χ2n) is 26.4. The number of Topliss-reactive ketones (excluding diaryl/α,β-unsaturated/α-hetero) is 2. The molecule has 95 heavy (non-hydrogen) atoms. The number of hydrogen-bond donors (Lipinski definition) is 3. The summed E-state index contributed by atoms with van der Waals surface area (Å²) < 4.78 is 17.5. The highest BCUT2D eigenvalue weighted by molar-refractivity contribution is 9.10. The monoisotopic (exact) mass is 1410 g/mol. The smallest absolute Gasteiger partial charge is 0.248 e. The number of hydrogen-bond acceptors (Lipinski definition) is 17. The zero-order valence-electron chi connectivity index (χ0n) is 54.1. The van der Waals surface area contributed by atoms with E-state index in [0.717, 1.165) is 34.2 Å². The summed E-state index contributed by atoms with van der Waals surface area (Å²) in [6.07, 6.45) is 15.0.